The van der Waals surface area contributed by atoms with Crippen LogP contribution >= 0.6 is 0 Å². The average molecular weight is 338 g/mol. The molecule has 6 nitrogen and oxygen atoms in total. The van der Waals surface area contributed by atoms with Crippen LogP contribution in [0.15, 0.2) is 47.1 Å². The zero-order valence-corrected chi connectivity index (χ0v) is 14.6. The van der Waals surface area contributed by atoms with Gasteiger partial charge in [-0.2, -0.15) is 0 Å². The van der Waals surface area contributed by atoms with E-state index in [-0.39, 0.29) is 0 Å². The first-order chi connectivity index (χ1) is 12.3. The van der Waals surface area contributed by atoms with E-state index in [2.05, 4.69) is 45.2 Å². The van der Waals surface area contributed by atoms with Gasteiger partial charge < -0.3 is 9.64 Å². The Balaban J connectivity index is 1.49. The topological polar surface area (TPSA) is 54.6 Å². The lowest BCUT2D eigenvalue weighted by Crippen LogP contribution is -2.51. The fraction of sp³-hybridized carbons (Fsp3) is 0.368. The maximum atomic E-state index is 5.51. The minimum Gasteiger partial charge on any atom is -0.495 e. The standard InChI is InChI=1S/C19H22N4O2/c1-14-12-23(17-8-3-4-9-18(17)24-2)11-10-22(14)13-15-6-5-7-16-19(15)21-25-20-16/h3-9,14H,10-13H2,1-2H3/t14-/m1/s1. The van der Waals surface area contributed by atoms with Crippen LogP contribution in [-0.4, -0.2) is 48.0 Å². The van der Waals surface area contributed by atoms with Gasteiger partial charge in [-0.3, -0.25) is 4.90 Å². The number of anilines is 1. The summed E-state index contributed by atoms with van der Waals surface area (Å²) < 4.78 is 10.4. The Morgan fingerprint density at radius 1 is 1.12 bits per heavy atom. The van der Waals surface area contributed by atoms with Crippen LogP contribution in [0.1, 0.15) is 12.5 Å². The van der Waals surface area contributed by atoms with E-state index in [4.69, 9.17) is 9.37 Å². The maximum absolute atomic E-state index is 5.51. The predicted molar refractivity (Wildman–Crippen MR) is 96.9 cm³/mol. The zero-order valence-electron chi connectivity index (χ0n) is 14.6. The van der Waals surface area contributed by atoms with E-state index in [1.807, 2.05) is 24.3 Å². The third kappa shape index (κ3) is 3.05. The Morgan fingerprint density at radius 2 is 2.00 bits per heavy atom. The molecule has 0 bridgehead atoms. The van der Waals surface area contributed by atoms with Gasteiger partial charge in [-0.05, 0) is 41.0 Å². The normalized spacial score (nSPS) is 18.6. The minimum atomic E-state index is 0.425. The number of nitrogens with zero attached hydrogens (tertiary/aromatic N) is 4. The summed E-state index contributed by atoms with van der Waals surface area (Å²) in [5.41, 5.74) is 4.01. The molecule has 1 saturated heterocycles. The lowest BCUT2D eigenvalue weighted by atomic mass is 10.1. The van der Waals surface area contributed by atoms with Crippen LogP contribution in [-0.2, 0) is 6.54 Å². The molecule has 0 amide bonds. The van der Waals surface area contributed by atoms with Gasteiger partial charge in [-0.25, -0.2) is 4.63 Å². The number of para-hydroxylation sites is 2. The molecule has 2 heterocycles. The molecule has 2 aromatic carbocycles. The molecule has 0 radical (unpaired) electrons. The van der Waals surface area contributed by atoms with Crippen molar-refractivity contribution in [3.05, 3.63) is 48.0 Å². The van der Waals surface area contributed by atoms with Crippen molar-refractivity contribution in [2.45, 2.75) is 19.5 Å². The van der Waals surface area contributed by atoms with Crippen molar-refractivity contribution in [2.75, 3.05) is 31.6 Å². The molecule has 0 unspecified atom stereocenters. The fourth-order valence-electron chi connectivity index (χ4n) is 3.55. The number of methoxy groups -OCH3 is 1. The van der Waals surface area contributed by atoms with E-state index < -0.39 is 0 Å². The quantitative estimate of drug-likeness (QED) is 0.729. The number of benzene rings is 2. The van der Waals surface area contributed by atoms with Gasteiger partial charge in [-0.1, -0.05) is 24.3 Å². The number of rotatable bonds is 4. The summed E-state index contributed by atoms with van der Waals surface area (Å²) in [7, 11) is 1.73. The number of aromatic nitrogens is 2. The third-order valence-corrected chi connectivity index (χ3v) is 4.93. The molecule has 25 heavy (non-hydrogen) atoms. The second kappa shape index (κ2) is 6.72. The summed E-state index contributed by atoms with van der Waals surface area (Å²) in [5, 5.41) is 7.99. The second-order valence-electron chi connectivity index (χ2n) is 6.49. The molecule has 1 fully saturated rings. The van der Waals surface area contributed by atoms with E-state index in [9.17, 15) is 0 Å². The minimum absolute atomic E-state index is 0.425. The first kappa shape index (κ1) is 15.9. The van der Waals surface area contributed by atoms with Gasteiger partial charge >= 0.3 is 0 Å². The van der Waals surface area contributed by atoms with E-state index in [0.29, 0.717) is 6.04 Å². The first-order valence-electron chi connectivity index (χ1n) is 8.58. The molecule has 0 saturated carbocycles. The van der Waals surface area contributed by atoms with Gasteiger partial charge in [0.1, 0.15) is 16.8 Å². The van der Waals surface area contributed by atoms with Crippen molar-refractivity contribution in [1.29, 1.82) is 0 Å². The van der Waals surface area contributed by atoms with Gasteiger partial charge in [0, 0.05) is 32.2 Å². The van der Waals surface area contributed by atoms with Crippen LogP contribution in [0, 0.1) is 0 Å². The molecular weight excluding hydrogens is 316 g/mol. The molecule has 0 N–H and O–H groups in total. The highest BCUT2D eigenvalue weighted by Crippen LogP contribution is 2.30. The highest BCUT2D eigenvalue weighted by atomic mass is 16.6. The van der Waals surface area contributed by atoms with Crippen molar-refractivity contribution in [3.63, 3.8) is 0 Å². The summed E-state index contributed by atoms with van der Waals surface area (Å²) in [5.74, 6) is 0.932. The number of fused-ring (bicyclic) bond motifs is 1. The molecule has 4 rings (SSSR count). The molecule has 130 valence electrons. The molecule has 0 aliphatic carbocycles. The molecular formula is C19H22N4O2. The second-order valence-corrected chi connectivity index (χ2v) is 6.49. The summed E-state index contributed by atoms with van der Waals surface area (Å²) in [6.07, 6.45) is 0. The van der Waals surface area contributed by atoms with E-state index in [0.717, 1.165) is 48.5 Å². The van der Waals surface area contributed by atoms with Gasteiger partial charge in [0.2, 0.25) is 0 Å². The van der Waals surface area contributed by atoms with Gasteiger partial charge in [0.05, 0.1) is 12.8 Å². The molecule has 1 atom stereocenters. The fourth-order valence-corrected chi connectivity index (χ4v) is 3.55. The van der Waals surface area contributed by atoms with Crippen molar-refractivity contribution >= 4 is 16.7 Å². The van der Waals surface area contributed by atoms with Gasteiger partial charge in [0.25, 0.3) is 0 Å². The summed E-state index contributed by atoms with van der Waals surface area (Å²) >= 11 is 0. The first-order valence-corrected chi connectivity index (χ1v) is 8.58. The van der Waals surface area contributed by atoms with Crippen molar-refractivity contribution in [2.24, 2.45) is 0 Å². The largest absolute Gasteiger partial charge is 0.495 e. The number of hydrogen-bond acceptors (Lipinski definition) is 6. The summed E-state index contributed by atoms with van der Waals surface area (Å²) in [6.45, 7) is 6.04. The van der Waals surface area contributed by atoms with E-state index in [1.165, 1.54) is 5.69 Å². The lowest BCUT2D eigenvalue weighted by molar-refractivity contribution is 0.181. The predicted octanol–water partition coefficient (Wildman–Crippen LogP) is 2.94. The van der Waals surface area contributed by atoms with Gasteiger partial charge in [0.15, 0.2) is 0 Å². The maximum Gasteiger partial charge on any atom is 0.142 e. The van der Waals surface area contributed by atoms with Crippen LogP contribution in [0.5, 0.6) is 5.75 Å². The van der Waals surface area contributed by atoms with Crippen LogP contribution in [0.4, 0.5) is 5.69 Å². The zero-order chi connectivity index (χ0) is 17.2. The van der Waals surface area contributed by atoms with Crippen LogP contribution in [0.2, 0.25) is 0 Å². The monoisotopic (exact) mass is 338 g/mol. The van der Waals surface area contributed by atoms with Crippen LogP contribution in [0.3, 0.4) is 0 Å². The third-order valence-electron chi connectivity index (χ3n) is 4.93. The molecule has 1 aliphatic heterocycles. The SMILES string of the molecule is COc1ccccc1N1CCN(Cc2cccc3nonc23)[C@H](C)C1. The molecule has 1 aliphatic rings. The Kier molecular flexibility index (Phi) is 4.28. The highest BCUT2D eigenvalue weighted by molar-refractivity contribution is 5.76. The number of hydrogen-bond donors (Lipinski definition) is 0. The van der Waals surface area contributed by atoms with Gasteiger partial charge in [-0.15, -0.1) is 0 Å². The van der Waals surface area contributed by atoms with Crippen molar-refractivity contribution in [1.82, 2.24) is 15.2 Å². The molecule has 3 aromatic rings. The highest BCUT2D eigenvalue weighted by Gasteiger charge is 2.26. The Hall–Kier alpha value is -2.60. The Bertz CT molecular complexity index is 863. The number of ether oxygens (including phenoxy) is 1. The molecule has 1 aromatic heterocycles. The van der Waals surface area contributed by atoms with Crippen molar-refractivity contribution in [3.8, 4) is 5.75 Å². The summed E-state index contributed by atoms with van der Waals surface area (Å²) in [4.78, 5) is 4.88. The Labute approximate surface area is 146 Å². The number of piperazine rings is 1. The molecule has 6 heteroatoms. The smallest absolute Gasteiger partial charge is 0.142 e. The van der Waals surface area contributed by atoms with Crippen molar-refractivity contribution < 1.29 is 9.37 Å². The Morgan fingerprint density at radius 3 is 2.84 bits per heavy atom. The van der Waals surface area contributed by atoms with Crippen LogP contribution < -0.4 is 9.64 Å². The van der Waals surface area contributed by atoms with E-state index >= 15 is 0 Å². The lowest BCUT2D eigenvalue weighted by Gasteiger charge is -2.41. The van der Waals surface area contributed by atoms with Crippen LogP contribution in [0.25, 0.3) is 11.0 Å². The summed E-state index contributed by atoms with van der Waals surface area (Å²) in [6, 6.07) is 14.7. The van der Waals surface area contributed by atoms with E-state index in [1.54, 1.807) is 7.11 Å². The average Bonchev–Trinajstić information content (AvgIpc) is 3.13. The molecule has 0 spiro atoms.